The molecule has 0 unspecified atom stereocenters. The monoisotopic (exact) mass is 270 g/mol. The van der Waals surface area contributed by atoms with E-state index in [1.54, 1.807) is 0 Å². The fourth-order valence-electron chi connectivity index (χ4n) is 2.09. The van der Waals surface area contributed by atoms with Crippen molar-refractivity contribution in [3.8, 4) is 0 Å². The zero-order chi connectivity index (χ0) is 14.2. The number of anilines is 2. The van der Waals surface area contributed by atoms with Crippen LogP contribution >= 0.6 is 0 Å². The fourth-order valence-corrected chi connectivity index (χ4v) is 2.09. The Morgan fingerprint density at radius 2 is 1.80 bits per heavy atom. The van der Waals surface area contributed by atoms with Crippen molar-refractivity contribution in [1.29, 1.82) is 0 Å². The van der Waals surface area contributed by atoms with Gasteiger partial charge >= 0.3 is 0 Å². The minimum atomic E-state index is 0.791. The first-order chi connectivity index (χ1) is 9.83. The van der Waals surface area contributed by atoms with Crippen LogP contribution in [0.4, 0.5) is 11.8 Å². The summed E-state index contributed by atoms with van der Waals surface area (Å²) in [6, 6.07) is 12.4. The van der Waals surface area contributed by atoms with Crippen molar-refractivity contribution in [3.05, 3.63) is 48.2 Å². The molecule has 0 saturated carbocycles. The van der Waals surface area contributed by atoms with E-state index in [1.165, 1.54) is 5.56 Å². The molecular weight excluding hydrogens is 248 g/mol. The summed E-state index contributed by atoms with van der Waals surface area (Å²) in [5.74, 6) is 1.68. The van der Waals surface area contributed by atoms with Gasteiger partial charge in [0.05, 0.1) is 0 Å². The largest absolute Gasteiger partial charge is 0.370 e. The van der Waals surface area contributed by atoms with Gasteiger partial charge in [-0.15, -0.1) is 0 Å². The zero-order valence-corrected chi connectivity index (χ0v) is 12.2. The minimum absolute atomic E-state index is 0.791. The second-order valence-electron chi connectivity index (χ2n) is 4.58. The highest BCUT2D eigenvalue weighted by Crippen LogP contribution is 2.10. The van der Waals surface area contributed by atoms with Gasteiger partial charge in [-0.05, 0) is 31.9 Å². The standard InChI is InChI=1S/C16H22N4/c1-3-20(4-2)16-18-13-11-15(19-16)17-12-10-14-8-6-5-7-9-14/h5-9,11,13H,3-4,10,12H2,1-2H3,(H,17,18,19). The van der Waals surface area contributed by atoms with Gasteiger partial charge in [0.15, 0.2) is 0 Å². The highest BCUT2D eigenvalue weighted by atomic mass is 15.3. The van der Waals surface area contributed by atoms with Gasteiger partial charge in [0.25, 0.3) is 0 Å². The van der Waals surface area contributed by atoms with Gasteiger partial charge in [0.1, 0.15) is 5.82 Å². The highest BCUT2D eigenvalue weighted by molar-refractivity contribution is 5.41. The Morgan fingerprint density at radius 3 is 2.50 bits per heavy atom. The van der Waals surface area contributed by atoms with Gasteiger partial charge in [0, 0.05) is 25.8 Å². The number of benzene rings is 1. The van der Waals surface area contributed by atoms with Gasteiger partial charge < -0.3 is 10.2 Å². The molecule has 0 fully saturated rings. The molecule has 0 radical (unpaired) electrons. The third kappa shape index (κ3) is 3.95. The maximum absolute atomic E-state index is 4.55. The highest BCUT2D eigenvalue weighted by Gasteiger charge is 2.05. The maximum atomic E-state index is 4.55. The molecule has 20 heavy (non-hydrogen) atoms. The zero-order valence-electron chi connectivity index (χ0n) is 12.2. The van der Waals surface area contributed by atoms with Crippen LogP contribution in [-0.4, -0.2) is 29.6 Å². The third-order valence-electron chi connectivity index (χ3n) is 3.25. The summed E-state index contributed by atoms with van der Waals surface area (Å²) in [5.41, 5.74) is 1.33. The number of aromatic nitrogens is 2. The van der Waals surface area contributed by atoms with E-state index in [0.29, 0.717) is 0 Å². The van der Waals surface area contributed by atoms with Gasteiger partial charge in [-0.25, -0.2) is 4.98 Å². The third-order valence-corrected chi connectivity index (χ3v) is 3.25. The summed E-state index contributed by atoms with van der Waals surface area (Å²) in [4.78, 5) is 11.0. The topological polar surface area (TPSA) is 41.1 Å². The molecule has 1 aromatic heterocycles. The van der Waals surface area contributed by atoms with Crippen LogP contribution in [0.5, 0.6) is 0 Å². The van der Waals surface area contributed by atoms with Gasteiger partial charge in [-0.2, -0.15) is 4.98 Å². The molecule has 4 heteroatoms. The molecular formula is C16H22N4. The molecule has 0 atom stereocenters. The predicted octanol–water partition coefficient (Wildman–Crippen LogP) is 2.98. The number of rotatable bonds is 7. The smallest absolute Gasteiger partial charge is 0.227 e. The second kappa shape index (κ2) is 7.48. The number of hydrogen-bond acceptors (Lipinski definition) is 4. The lowest BCUT2D eigenvalue weighted by molar-refractivity contribution is 0.820. The molecule has 1 heterocycles. The molecule has 0 amide bonds. The van der Waals surface area contributed by atoms with Crippen molar-refractivity contribution in [2.45, 2.75) is 20.3 Å². The molecule has 2 aromatic rings. The second-order valence-corrected chi connectivity index (χ2v) is 4.58. The first-order valence-electron chi connectivity index (χ1n) is 7.19. The van der Waals surface area contributed by atoms with Crippen LogP contribution in [0.2, 0.25) is 0 Å². The normalized spacial score (nSPS) is 10.3. The molecule has 1 aromatic carbocycles. The van der Waals surface area contributed by atoms with Crippen LogP contribution in [-0.2, 0) is 6.42 Å². The van der Waals surface area contributed by atoms with E-state index in [0.717, 1.165) is 37.8 Å². The van der Waals surface area contributed by atoms with E-state index in [1.807, 2.05) is 18.3 Å². The first-order valence-corrected chi connectivity index (χ1v) is 7.19. The predicted molar refractivity (Wildman–Crippen MR) is 84.2 cm³/mol. The number of hydrogen-bond donors (Lipinski definition) is 1. The molecule has 0 spiro atoms. The summed E-state index contributed by atoms with van der Waals surface area (Å²) in [5, 5.41) is 3.36. The molecule has 0 bridgehead atoms. The molecule has 4 nitrogen and oxygen atoms in total. The Hall–Kier alpha value is -2.10. The van der Waals surface area contributed by atoms with Crippen molar-refractivity contribution in [2.75, 3.05) is 29.9 Å². The molecule has 1 N–H and O–H groups in total. The Kier molecular flexibility index (Phi) is 5.35. The van der Waals surface area contributed by atoms with Crippen molar-refractivity contribution in [3.63, 3.8) is 0 Å². The molecule has 0 saturated heterocycles. The van der Waals surface area contributed by atoms with Crippen LogP contribution in [0, 0.1) is 0 Å². The summed E-state index contributed by atoms with van der Waals surface area (Å²) >= 11 is 0. The van der Waals surface area contributed by atoms with E-state index in [2.05, 4.69) is 58.3 Å². The molecule has 2 rings (SSSR count). The number of nitrogens with zero attached hydrogens (tertiary/aromatic N) is 3. The van der Waals surface area contributed by atoms with E-state index in [4.69, 9.17) is 0 Å². The lowest BCUT2D eigenvalue weighted by Gasteiger charge is -2.18. The quantitative estimate of drug-likeness (QED) is 0.840. The van der Waals surface area contributed by atoms with Gasteiger partial charge in [0.2, 0.25) is 5.95 Å². The average molecular weight is 270 g/mol. The molecule has 0 aliphatic rings. The van der Waals surface area contributed by atoms with Crippen LogP contribution in [0.15, 0.2) is 42.6 Å². The Morgan fingerprint density at radius 1 is 1.05 bits per heavy atom. The van der Waals surface area contributed by atoms with Gasteiger partial charge in [-0.3, -0.25) is 0 Å². The van der Waals surface area contributed by atoms with E-state index >= 15 is 0 Å². The minimum Gasteiger partial charge on any atom is -0.370 e. The Balaban J connectivity index is 1.91. The Bertz CT molecular complexity index is 509. The average Bonchev–Trinajstić information content (AvgIpc) is 2.50. The van der Waals surface area contributed by atoms with Crippen molar-refractivity contribution in [1.82, 2.24) is 9.97 Å². The van der Waals surface area contributed by atoms with E-state index < -0.39 is 0 Å². The summed E-state index contributed by atoms with van der Waals surface area (Å²) in [7, 11) is 0. The van der Waals surface area contributed by atoms with Crippen molar-refractivity contribution in [2.24, 2.45) is 0 Å². The van der Waals surface area contributed by atoms with E-state index in [9.17, 15) is 0 Å². The van der Waals surface area contributed by atoms with Crippen molar-refractivity contribution >= 4 is 11.8 Å². The number of nitrogens with one attached hydrogen (secondary N) is 1. The van der Waals surface area contributed by atoms with E-state index in [-0.39, 0.29) is 0 Å². The Labute approximate surface area is 120 Å². The van der Waals surface area contributed by atoms with Gasteiger partial charge in [-0.1, -0.05) is 30.3 Å². The summed E-state index contributed by atoms with van der Waals surface area (Å²) < 4.78 is 0. The SMILES string of the molecule is CCN(CC)c1nccc(NCCc2ccccc2)n1. The lowest BCUT2D eigenvalue weighted by Crippen LogP contribution is -2.24. The van der Waals surface area contributed by atoms with Crippen LogP contribution in [0.3, 0.4) is 0 Å². The lowest BCUT2D eigenvalue weighted by atomic mass is 10.1. The first kappa shape index (κ1) is 14.3. The fraction of sp³-hybridized carbons (Fsp3) is 0.375. The summed E-state index contributed by atoms with van der Waals surface area (Å²) in [6.45, 7) is 6.94. The molecule has 0 aliphatic carbocycles. The maximum Gasteiger partial charge on any atom is 0.227 e. The summed E-state index contributed by atoms with van der Waals surface area (Å²) in [6.07, 6.45) is 2.80. The molecule has 0 aliphatic heterocycles. The van der Waals surface area contributed by atoms with Crippen LogP contribution < -0.4 is 10.2 Å². The molecule has 106 valence electrons. The van der Waals surface area contributed by atoms with Crippen LogP contribution in [0.25, 0.3) is 0 Å². The van der Waals surface area contributed by atoms with Crippen LogP contribution in [0.1, 0.15) is 19.4 Å². The van der Waals surface area contributed by atoms with Crippen molar-refractivity contribution < 1.29 is 0 Å².